The third-order valence-corrected chi connectivity index (χ3v) is 4.61. The predicted molar refractivity (Wildman–Crippen MR) is 109 cm³/mol. The topological polar surface area (TPSA) is 64.4 Å². The summed E-state index contributed by atoms with van der Waals surface area (Å²) in [5.74, 6) is -1.34. The van der Waals surface area contributed by atoms with E-state index in [1.165, 1.54) is 12.3 Å². The largest absolute Gasteiger partial charge is 0.441 e. The Labute approximate surface area is 174 Å². The first-order valence-electron chi connectivity index (χ1n) is 9.87. The van der Waals surface area contributed by atoms with Crippen LogP contribution in [0.4, 0.5) is 8.78 Å². The molecule has 0 aliphatic heterocycles. The smallest absolute Gasteiger partial charge is 0.220 e. The monoisotopic (exact) mass is 414 g/mol. The van der Waals surface area contributed by atoms with Crippen LogP contribution in [0.2, 0.25) is 0 Å². The number of nitrogens with one attached hydrogen (secondary N) is 1. The normalized spacial score (nSPS) is 12.0. The Morgan fingerprint density at radius 1 is 1.13 bits per heavy atom. The second kappa shape index (κ2) is 10.6. The van der Waals surface area contributed by atoms with Gasteiger partial charge >= 0.3 is 0 Å². The standard InChI is InChI=1S/C23H24F2N2O3/c1-16(17-7-3-2-4-8-17)29-14-6-13-26-21(28)11-12-22-27-15-20(30-22)23-18(24)9-5-10-19(23)25/h2-5,7-10,15-16H,6,11-14H2,1H3,(H,26,28). The number of aromatic nitrogens is 1. The van der Waals surface area contributed by atoms with Gasteiger partial charge in [0, 0.05) is 26.0 Å². The highest BCUT2D eigenvalue weighted by Crippen LogP contribution is 2.26. The van der Waals surface area contributed by atoms with E-state index in [4.69, 9.17) is 9.15 Å². The maximum atomic E-state index is 13.8. The molecule has 2 aromatic carbocycles. The summed E-state index contributed by atoms with van der Waals surface area (Å²) in [5.41, 5.74) is 0.854. The summed E-state index contributed by atoms with van der Waals surface area (Å²) in [6.07, 6.45) is 2.36. The van der Waals surface area contributed by atoms with Crippen LogP contribution in [0.5, 0.6) is 0 Å². The van der Waals surface area contributed by atoms with Crippen LogP contribution in [0.3, 0.4) is 0 Å². The van der Waals surface area contributed by atoms with E-state index in [-0.39, 0.29) is 42.1 Å². The van der Waals surface area contributed by atoms with Gasteiger partial charge in [-0.05, 0) is 31.0 Å². The molecule has 0 radical (unpaired) electrons. The fraction of sp³-hybridized carbons (Fsp3) is 0.304. The summed E-state index contributed by atoms with van der Waals surface area (Å²) in [4.78, 5) is 16.0. The van der Waals surface area contributed by atoms with E-state index < -0.39 is 11.6 Å². The molecule has 158 valence electrons. The van der Waals surface area contributed by atoms with Crippen LogP contribution in [0.15, 0.2) is 59.1 Å². The van der Waals surface area contributed by atoms with E-state index in [0.29, 0.717) is 19.6 Å². The van der Waals surface area contributed by atoms with Gasteiger partial charge in [-0.3, -0.25) is 4.79 Å². The molecule has 1 unspecified atom stereocenters. The summed E-state index contributed by atoms with van der Waals surface area (Å²) in [6.45, 7) is 3.02. The molecular formula is C23H24F2N2O3. The van der Waals surface area contributed by atoms with Crippen molar-refractivity contribution in [3.05, 3.63) is 77.8 Å². The zero-order chi connectivity index (χ0) is 21.3. The van der Waals surface area contributed by atoms with Crippen LogP contribution in [-0.2, 0) is 16.0 Å². The molecule has 5 nitrogen and oxygen atoms in total. The number of halogens is 2. The lowest BCUT2D eigenvalue weighted by atomic mass is 10.1. The van der Waals surface area contributed by atoms with Crippen molar-refractivity contribution in [3.63, 3.8) is 0 Å². The van der Waals surface area contributed by atoms with Crippen molar-refractivity contribution < 1.29 is 22.7 Å². The number of rotatable bonds is 10. The lowest BCUT2D eigenvalue weighted by Gasteiger charge is -2.13. The van der Waals surface area contributed by atoms with Crippen molar-refractivity contribution in [2.45, 2.75) is 32.3 Å². The van der Waals surface area contributed by atoms with Gasteiger partial charge in [0.25, 0.3) is 0 Å². The number of carbonyl (C=O) groups is 1. The molecule has 1 amide bonds. The Kier molecular flexibility index (Phi) is 7.68. The SMILES string of the molecule is CC(OCCCNC(=O)CCc1ncc(-c2c(F)cccc2F)o1)c1ccccc1. The third-order valence-electron chi connectivity index (χ3n) is 4.61. The minimum Gasteiger partial charge on any atom is -0.441 e. The van der Waals surface area contributed by atoms with Crippen molar-refractivity contribution in [1.29, 1.82) is 0 Å². The van der Waals surface area contributed by atoms with Crippen LogP contribution in [0.1, 0.15) is 37.3 Å². The Hall–Kier alpha value is -3.06. The number of hydrogen-bond acceptors (Lipinski definition) is 4. The number of benzene rings is 2. The number of hydrogen-bond donors (Lipinski definition) is 1. The van der Waals surface area contributed by atoms with Gasteiger partial charge in [-0.2, -0.15) is 0 Å². The summed E-state index contributed by atoms with van der Waals surface area (Å²) in [5, 5.41) is 2.81. The Bertz CT molecular complexity index is 940. The maximum absolute atomic E-state index is 13.8. The van der Waals surface area contributed by atoms with Crippen molar-refractivity contribution in [2.24, 2.45) is 0 Å². The van der Waals surface area contributed by atoms with Gasteiger partial charge in [0.1, 0.15) is 11.6 Å². The van der Waals surface area contributed by atoms with E-state index in [9.17, 15) is 13.6 Å². The minimum atomic E-state index is -0.723. The van der Waals surface area contributed by atoms with Gasteiger partial charge in [-0.1, -0.05) is 36.4 Å². The van der Waals surface area contributed by atoms with Crippen LogP contribution in [0.25, 0.3) is 11.3 Å². The molecule has 0 bridgehead atoms. The molecule has 1 aromatic heterocycles. The Balaban J connectivity index is 1.36. The van der Waals surface area contributed by atoms with Gasteiger partial charge in [-0.25, -0.2) is 13.8 Å². The van der Waals surface area contributed by atoms with E-state index in [1.807, 2.05) is 37.3 Å². The fourth-order valence-electron chi connectivity index (χ4n) is 2.96. The molecule has 0 saturated carbocycles. The van der Waals surface area contributed by atoms with Gasteiger partial charge < -0.3 is 14.5 Å². The maximum Gasteiger partial charge on any atom is 0.220 e. The number of nitrogens with zero attached hydrogens (tertiary/aromatic N) is 1. The Morgan fingerprint density at radius 3 is 2.60 bits per heavy atom. The second-order valence-corrected chi connectivity index (χ2v) is 6.84. The van der Waals surface area contributed by atoms with Crippen LogP contribution >= 0.6 is 0 Å². The summed E-state index contributed by atoms with van der Waals surface area (Å²) < 4.78 is 38.8. The van der Waals surface area contributed by atoms with Gasteiger partial charge in [0.2, 0.25) is 5.91 Å². The first kappa shape index (κ1) is 21.6. The average Bonchev–Trinajstić information content (AvgIpc) is 3.21. The van der Waals surface area contributed by atoms with Gasteiger partial charge in [-0.15, -0.1) is 0 Å². The molecule has 3 aromatic rings. The average molecular weight is 414 g/mol. The number of carbonyl (C=O) groups excluding carboxylic acids is 1. The zero-order valence-corrected chi connectivity index (χ0v) is 16.7. The predicted octanol–water partition coefficient (Wildman–Crippen LogP) is 4.84. The molecule has 0 aliphatic rings. The van der Waals surface area contributed by atoms with Gasteiger partial charge in [0.15, 0.2) is 11.7 Å². The highest BCUT2D eigenvalue weighted by Gasteiger charge is 2.16. The quantitative estimate of drug-likeness (QED) is 0.483. The molecule has 1 N–H and O–H groups in total. The molecule has 0 saturated heterocycles. The van der Waals surface area contributed by atoms with Crippen molar-refractivity contribution in [2.75, 3.05) is 13.2 Å². The summed E-state index contributed by atoms with van der Waals surface area (Å²) in [7, 11) is 0. The molecule has 0 fully saturated rings. The third kappa shape index (κ3) is 5.97. The second-order valence-electron chi connectivity index (χ2n) is 6.84. The van der Waals surface area contributed by atoms with Crippen LogP contribution < -0.4 is 5.32 Å². The van der Waals surface area contributed by atoms with E-state index >= 15 is 0 Å². The molecule has 0 spiro atoms. The Morgan fingerprint density at radius 2 is 1.87 bits per heavy atom. The molecule has 0 aliphatic carbocycles. The fourth-order valence-corrected chi connectivity index (χ4v) is 2.96. The van der Waals surface area contributed by atoms with Gasteiger partial charge in [0.05, 0.1) is 17.9 Å². The van der Waals surface area contributed by atoms with Crippen LogP contribution in [-0.4, -0.2) is 24.0 Å². The van der Waals surface area contributed by atoms with Crippen molar-refractivity contribution in [1.82, 2.24) is 10.3 Å². The van der Waals surface area contributed by atoms with E-state index in [2.05, 4.69) is 10.3 Å². The number of ether oxygens (including phenoxy) is 1. The van der Waals surface area contributed by atoms with Crippen molar-refractivity contribution in [3.8, 4) is 11.3 Å². The lowest BCUT2D eigenvalue weighted by Crippen LogP contribution is -2.25. The zero-order valence-electron chi connectivity index (χ0n) is 16.7. The lowest BCUT2D eigenvalue weighted by molar-refractivity contribution is -0.121. The van der Waals surface area contributed by atoms with E-state index in [0.717, 1.165) is 17.7 Å². The minimum absolute atomic E-state index is 0.000382. The molecule has 1 atom stereocenters. The highest BCUT2D eigenvalue weighted by molar-refractivity contribution is 5.76. The first-order valence-corrected chi connectivity index (χ1v) is 9.87. The molecule has 3 rings (SSSR count). The van der Waals surface area contributed by atoms with Crippen LogP contribution in [0, 0.1) is 11.6 Å². The number of aryl methyl sites for hydroxylation is 1. The summed E-state index contributed by atoms with van der Waals surface area (Å²) in [6, 6.07) is 13.5. The van der Waals surface area contributed by atoms with E-state index in [1.54, 1.807) is 0 Å². The molecule has 1 heterocycles. The highest BCUT2D eigenvalue weighted by atomic mass is 19.1. The van der Waals surface area contributed by atoms with Crippen molar-refractivity contribution >= 4 is 5.91 Å². The molecule has 30 heavy (non-hydrogen) atoms. The molecular weight excluding hydrogens is 390 g/mol. The summed E-state index contributed by atoms with van der Waals surface area (Å²) >= 11 is 0. The molecule has 7 heteroatoms. The first-order chi connectivity index (χ1) is 14.5. The number of oxazole rings is 1. The number of amides is 1.